The zero-order chi connectivity index (χ0) is 14.5. The Balaban J connectivity index is 2.02. The molecule has 0 saturated heterocycles. The third-order valence-corrected chi connectivity index (χ3v) is 2.87. The summed E-state index contributed by atoms with van der Waals surface area (Å²) in [7, 11) is 0. The van der Waals surface area contributed by atoms with Crippen molar-refractivity contribution in [3.63, 3.8) is 0 Å². The SMILES string of the molecule is CC(C)Cc1cc(C(=O)NC(CO)c2ccco2)n[nH]1. The number of amides is 1. The summed E-state index contributed by atoms with van der Waals surface area (Å²) < 4.78 is 5.18. The van der Waals surface area contributed by atoms with Gasteiger partial charge < -0.3 is 14.8 Å². The van der Waals surface area contributed by atoms with Gasteiger partial charge >= 0.3 is 0 Å². The van der Waals surface area contributed by atoms with Crippen molar-refractivity contribution in [2.24, 2.45) is 5.92 Å². The lowest BCUT2D eigenvalue weighted by molar-refractivity contribution is 0.0902. The third-order valence-electron chi connectivity index (χ3n) is 2.87. The Morgan fingerprint density at radius 1 is 1.55 bits per heavy atom. The molecule has 3 N–H and O–H groups in total. The van der Waals surface area contributed by atoms with E-state index in [1.54, 1.807) is 18.2 Å². The number of rotatable bonds is 6. The molecule has 0 aliphatic heterocycles. The lowest BCUT2D eigenvalue weighted by atomic mass is 10.1. The number of aliphatic hydroxyl groups is 1. The molecule has 0 bridgehead atoms. The number of aromatic nitrogens is 2. The molecule has 2 aromatic heterocycles. The zero-order valence-corrected chi connectivity index (χ0v) is 11.6. The third kappa shape index (κ3) is 3.48. The van der Waals surface area contributed by atoms with E-state index in [2.05, 4.69) is 29.4 Å². The fourth-order valence-corrected chi connectivity index (χ4v) is 1.95. The summed E-state index contributed by atoms with van der Waals surface area (Å²) in [6.07, 6.45) is 2.33. The summed E-state index contributed by atoms with van der Waals surface area (Å²) in [5, 5.41) is 18.8. The van der Waals surface area contributed by atoms with Gasteiger partial charge in [0.15, 0.2) is 0 Å². The molecule has 0 fully saturated rings. The predicted molar refractivity (Wildman–Crippen MR) is 73.1 cm³/mol. The van der Waals surface area contributed by atoms with Crippen LogP contribution in [0.2, 0.25) is 0 Å². The van der Waals surface area contributed by atoms with Crippen molar-refractivity contribution in [2.75, 3.05) is 6.61 Å². The number of aromatic amines is 1. The van der Waals surface area contributed by atoms with E-state index in [9.17, 15) is 9.90 Å². The van der Waals surface area contributed by atoms with Crippen molar-refractivity contribution in [2.45, 2.75) is 26.3 Å². The standard InChI is InChI=1S/C14H19N3O3/c1-9(2)6-10-7-11(17-16-10)14(19)15-12(8-18)13-4-3-5-20-13/h3-5,7,9,12,18H,6,8H2,1-2H3,(H,15,19)(H,16,17). The molecule has 6 heteroatoms. The van der Waals surface area contributed by atoms with Gasteiger partial charge in [-0.2, -0.15) is 5.10 Å². The molecule has 6 nitrogen and oxygen atoms in total. The first-order valence-corrected chi connectivity index (χ1v) is 6.59. The van der Waals surface area contributed by atoms with Crippen molar-refractivity contribution in [1.82, 2.24) is 15.5 Å². The van der Waals surface area contributed by atoms with Gasteiger partial charge in [-0.3, -0.25) is 9.89 Å². The number of hydrogen-bond donors (Lipinski definition) is 3. The largest absolute Gasteiger partial charge is 0.467 e. The van der Waals surface area contributed by atoms with Crippen molar-refractivity contribution in [3.05, 3.63) is 41.6 Å². The molecule has 0 aliphatic rings. The van der Waals surface area contributed by atoms with Crippen LogP contribution in [0.1, 0.15) is 41.8 Å². The molecule has 20 heavy (non-hydrogen) atoms. The van der Waals surface area contributed by atoms with Gasteiger partial charge in [-0.15, -0.1) is 0 Å². The number of carbonyl (C=O) groups is 1. The minimum atomic E-state index is -0.567. The summed E-state index contributed by atoms with van der Waals surface area (Å²) >= 11 is 0. The first-order chi connectivity index (χ1) is 9.60. The zero-order valence-electron chi connectivity index (χ0n) is 11.6. The van der Waals surface area contributed by atoms with E-state index in [1.807, 2.05) is 0 Å². The summed E-state index contributed by atoms with van der Waals surface area (Å²) in [5.41, 5.74) is 1.23. The number of H-pyrrole nitrogens is 1. The fourth-order valence-electron chi connectivity index (χ4n) is 1.95. The predicted octanol–water partition coefficient (Wildman–Crippen LogP) is 1.66. The average Bonchev–Trinajstić information content (AvgIpc) is 3.05. The van der Waals surface area contributed by atoms with E-state index >= 15 is 0 Å². The maximum atomic E-state index is 12.1. The van der Waals surface area contributed by atoms with Crippen LogP contribution in [0, 0.1) is 5.92 Å². The van der Waals surface area contributed by atoms with Gasteiger partial charge in [-0.05, 0) is 30.5 Å². The van der Waals surface area contributed by atoms with E-state index in [0.717, 1.165) is 12.1 Å². The van der Waals surface area contributed by atoms with Crippen LogP contribution >= 0.6 is 0 Å². The van der Waals surface area contributed by atoms with Crippen LogP contribution in [0.5, 0.6) is 0 Å². The Hall–Kier alpha value is -2.08. The first-order valence-electron chi connectivity index (χ1n) is 6.59. The molecule has 1 amide bonds. The molecule has 0 aromatic carbocycles. The Kier molecular flexibility index (Phi) is 4.57. The lowest BCUT2D eigenvalue weighted by Crippen LogP contribution is -2.30. The number of nitrogens with zero attached hydrogens (tertiary/aromatic N) is 1. The van der Waals surface area contributed by atoms with Crippen molar-refractivity contribution in [3.8, 4) is 0 Å². The molecule has 1 atom stereocenters. The average molecular weight is 277 g/mol. The number of carbonyl (C=O) groups excluding carboxylic acids is 1. The van der Waals surface area contributed by atoms with E-state index in [1.165, 1.54) is 6.26 Å². The normalized spacial score (nSPS) is 12.6. The number of furan rings is 1. The van der Waals surface area contributed by atoms with Crippen LogP contribution in [0.4, 0.5) is 0 Å². The van der Waals surface area contributed by atoms with Crippen LogP contribution in [-0.2, 0) is 6.42 Å². The van der Waals surface area contributed by atoms with Crippen LogP contribution in [0.15, 0.2) is 28.9 Å². The molecule has 2 heterocycles. The second-order valence-corrected chi connectivity index (χ2v) is 5.10. The molecule has 0 aliphatic carbocycles. The van der Waals surface area contributed by atoms with Gasteiger partial charge in [0.25, 0.3) is 5.91 Å². The van der Waals surface area contributed by atoms with Gasteiger partial charge in [0, 0.05) is 5.69 Å². The van der Waals surface area contributed by atoms with E-state index in [4.69, 9.17) is 4.42 Å². The smallest absolute Gasteiger partial charge is 0.272 e. The lowest BCUT2D eigenvalue weighted by Gasteiger charge is -2.12. The monoisotopic (exact) mass is 277 g/mol. The van der Waals surface area contributed by atoms with E-state index in [-0.39, 0.29) is 12.5 Å². The molecule has 1 unspecified atom stereocenters. The Morgan fingerprint density at radius 2 is 2.35 bits per heavy atom. The summed E-state index contributed by atoms with van der Waals surface area (Å²) in [6.45, 7) is 3.96. The van der Waals surface area contributed by atoms with Crippen molar-refractivity contribution >= 4 is 5.91 Å². The summed E-state index contributed by atoms with van der Waals surface area (Å²) in [5.74, 6) is 0.658. The molecular weight excluding hydrogens is 258 g/mol. The van der Waals surface area contributed by atoms with Crippen LogP contribution in [0.25, 0.3) is 0 Å². The Labute approximate surface area is 117 Å². The van der Waals surface area contributed by atoms with Crippen LogP contribution in [0.3, 0.4) is 0 Å². The van der Waals surface area contributed by atoms with Gasteiger partial charge in [-0.1, -0.05) is 13.8 Å². The minimum Gasteiger partial charge on any atom is -0.467 e. The quantitative estimate of drug-likeness (QED) is 0.749. The van der Waals surface area contributed by atoms with Gasteiger partial charge in [-0.25, -0.2) is 0 Å². The van der Waals surface area contributed by atoms with Crippen molar-refractivity contribution in [1.29, 1.82) is 0 Å². The molecule has 0 saturated carbocycles. The number of nitrogens with one attached hydrogen (secondary N) is 2. The maximum Gasteiger partial charge on any atom is 0.272 e. The number of aliphatic hydroxyl groups excluding tert-OH is 1. The molecule has 2 rings (SSSR count). The fraction of sp³-hybridized carbons (Fsp3) is 0.429. The minimum absolute atomic E-state index is 0.234. The Bertz CT molecular complexity index is 546. The van der Waals surface area contributed by atoms with Crippen LogP contribution < -0.4 is 5.32 Å². The van der Waals surface area contributed by atoms with Gasteiger partial charge in [0.1, 0.15) is 17.5 Å². The highest BCUT2D eigenvalue weighted by Crippen LogP contribution is 2.14. The number of hydrogen-bond acceptors (Lipinski definition) is 4. The molecule has 0 spiro atoms. The second kappa shape index (κ2) is 6.38. The van der Waals surface area contributed by atoms with Crippen molar-refractivity contribution < 1.29 is 14.3 Å². The van der Waals surface area contributed by atoms with Gasteiger partial charge in [0.05, 0.1) is 12.9 Å². The maximum absolute atomic E-state index is 12.1. The highest BCUT2D eigenvalue weighted by atomic mass is 16.3. The van der Waals surface area contributed by atoms with E-state index < -0.39 is 6.04 Å². The highest BCUT2D eigenvalue weighted by molar-refractivity contribution is 5.92. The molecule has 2 aromatic rings. The first kappa shape index (κ1) is 14.3. The summed E-state index contributed by atoms with van der Waals surface area (Å²) in [6, 6.07) is 4.57. The molecular formula is C14H19N3O3. The Morgan fingerprint density at radius 3 is 2.95 bits per heavy atom. The summed E-state index contributed by atoms with van der Waals surface area (Å²) in [4.78, 5) is 12.1. The van der Waals surface area contributed by atoms with Crippen LogP contribution in [-0.4, -0.2) is 27.8 Å². The highest BCUT2D eigenvalue weighted by Gasteiger charge is 2.19. The van der Waals surface area contributed by atoms with Gasteiger partial charge in [0.2, 0.25) is 0 Å². The molecule has 0 radical (unpaired) electrons. The molecule has 108 valence electrons. The van der Waals surface area contributed by atoms with E-state index in [0.29, 0.717) is 17.4 Å². The topological polar surface area (TPSA) is 91.2 Å². The second-order valence-electron chi connectivity index (χ2n) is 5.10.